The fourth-order valence-corrected chi connectivity index (χ4v) is 3.08. The van der Waals surface area contributed by atoms with Gasteiger partial charge < -0.3 is 10.4 Å². The van der Waals surface area contributed by atoms with Gasteiger partial charge in [0, 0.05) is 11.3 Å². The highest BCUT2D eigenvalue weighted by Crippen LogP contribution is 2.28. The zero-order valence-electron chi connectivity index (χ0n) is 13.9. The van der Waals surface area contributed by atoms with E-state index in [2.05, 4.69) is 10.4 Å². The number of carbonyl (C=O) groups is 2. The van der Waals surface area contributed by atoms with Gasteiger partial charge >= 0.3 is 5.97 Å². The van der Waals surface area contributed by atoms with Crippen molar-refractivity contribution in [2.45, 2.75) is 45.6 Å². The number of carboxylic acids is 1. The number of nitrogens with one attached hydrogen (secondary N) is 1. The van der Waals surface area contributed by atoms with E-state index in [0.717, 1.165) is 41.8 Å². The van der Waals surface area contributed by atoms with E-state index in [1.807, 2.05) is 35.9 Å². The average molecular weight is 327 g/mol. The smallest absolute Gasteiger partial charge is 0.326 e. The van der Waals surface area contributed by atoms with Crippen molar-refractivity contribution in [3.63, 3.8) is 0 Å². The number of amides is 1. The summed E-state index contributed by atoms with van der Waals surface area (Å²) in [5.74, 6) is -1.44. The van der Waals surface area contributed by atoms with Gasteiger partial charge in [-0.1, -0.05) is 24.6 Å². The van der Waals surface area contributed by atoms with Crippen LogP contribution in [0, 0.1) is 6.92 Å². The molecule has 6 heteroatoms. The lowest BCUT2D eigenvalue weighted by Gasteiger charge is -2.11. The van der Waals surface area contributed by atoms with E-state index in [1.54, 1.807) is 6.92 Å². The van der Waals surface area contributed by atoms with Crippen LogP contribution in [-0.2, 0) is 17.6 Å². The number of rotatable bonds is 5. The highest BCUT2D eigenvalue weighted by atomic mass is 16.4. The maximum atomic E-state index is 12.5. The Kier molecular flexibility index (Phi) is 4.38. The quantitative estimate of drug-likeness (QED) is 0.882. The molecule has 2 N–H and O–H groups in total. The number of carboxylic acid groups (broad SMARTS) is 1. The van der Waals surface area contributed by atoms with Crippen LogP contribution in [0.3, 0.4) is 0 Å². The first-order valence-electron chi connectivity index (χ1n) is 8.22. The molecule has 0 fully saturated rings. The molecule has 0 radical (unpaired) electrons. The van der Waals surface area contributed by atoms with E-state index >= 15 is 0 Å². The standard InChI is InChI=1S/C18H21N3O3/c1-3-14(18(23)24)19-17(22)16-13-5-4-6-15(13)21(20-16)12-9-7-11(2)8-10-12/h7-10,14H,3-6H2,1-2H3,(H,19,22)(H,23,24). The van der Waals surface area contributed by atoms with E-state index in [0.29, 0.717) is 12.1 Å². The summed E-state index contributed by atoms with van der Waals surface area (Å²) in [6.07, 6.45) is 2.99. The third-order valence-electron chi connectivity index (χ3n) is 4.44. The molecular formula is C18H21N3O3. The van der Waals surface area contributed by atoms with Gasteiger partial charge in [0.05, 0.1) is 5.69 Å². The summed E-state index contributed by atoms with van der Waals surface area (Å²) in [7, 11) is 0. The summed E-state index contributed by atoms with van der Waals surface area (Å²) in [5.41, 5.74) is 4.42. The minimum Gasteiger partial charge on any atom is -0.480 e. The van der Waals surface area contributed by atoms with E-state index in [1.165, 1.54) is 0 Å². The fourth-order valence-electron chi connectivity index (χ4n) is 3.08. The lowest BCUT2D eigenvalue weighted by atomic mass is 10.1. The second-order valence-corrected chi connectivity index (χ2v) is 6.15. The van der Waals surface area contributed by atoms with Gasteiger partial charge in [0.2, 0.25) is 0 Å². The summed E-state index contributed by atoms with van der Waals surface area (Å²) in [6.45, 7) is 3.75. The molecule has 24 heavy (non-hydrogen) atoms. The molecule has 1 aromatic heterocycles. The number of fused-ring (bicyclic) bond motifs is 1. The Balaban J connectivity index is 1.95. The highest BCUT2D eigenvalue weighted by molar-refractivity contribution is 5.96. The lowest BCUT2D eigenvalue weighted by Crippen LogP contribution is -2.40. The van der Waals surface area contributed by atoms with Crippen LogP contribution in [0.1, 0.15) is 47.1 Å². The summed E-state index contributed by atoms with van der Waals surface area (Å²) in [6, 6.07) is 7.09. The number of nitrogens with zero attached hydrogens (tertiary/aromatic N) is 2. The Bertz CT molecular complexity index is 778. The van der Waals surface area contributed by atoms with Crippen LogP contribution < -0.4 is 5.32 Å². The predicted molar refractivity (Wildman–Crippen MR) is 89.5 cm³/mol. The first-order chi connectivity index (χ1) is 11.5. The second-order valence-electron chi connectivity index (χ2n) is 6.15. The van der Waals surface area contributed by atoms with Crippen LogP contribution in [0.15, 0.2) is 24.3 Å². The topological polar surface area (TPSA) is 84.2 Å². The number of carbonyl (C=O) groups excluding carboxylic acids is 1. The Labute approximate surface area is 140 Å². The maximum absolute atomic E-state index is 12.5. The van der Waals surface area contributed by atoms with Crippen LogP contribution in [0.5, 0.6) is 0 Å². The minimum atomic E-state index is -1.03. The lowest BCUT2D eigenvalue weighted by molar-refractivity contribution is -0.139. The molecular weight excluding hydrogens is 306 g/mol. The maximum Gasteiger partial charge on any atom is 0.326 e. The van der Waals surface area contributed by atoms with Gasteiger partial charge in [-0.15, -0.1) is 0 Å². The molecule has 1 aliphatic rings. The number of aryl methyl sites for hydroxylation is 1. The van der Waals surface area contributed by atoms with Crippen molar-refractivity contribution in [1.82, 2.24) is 15.1 Å². The zero-order valence-corrected chi connectivity index (χ0v) is 13.9. The number of aliphatic carboxylic acids is 1. The molecule has 2 aromatic rings. The number of aromatic nitrogens is 2. The molecule has 1 amide bonds. The van der Waals surface area contributed by atoms with Crippen LogP contribution in [0.25, 0.3) is 5.69 Å². The van der Waals surface area contributed by atoms with Crippen molar-refractivity contribution in [3.8, 4) is 5.69 Å². The molecule has 1 heterocycles. The molecule has 0 bridgehead atoms. The predicted octanol–water partition coefficient (Wildman–Crippen LogP) is 2.26. The molecule has 1 unspecified atom stereocenters. The number of hydrogen-bond donors (Lipinski definition) is 2. The van der Waals surface area contributed by atoms with Gasteiger partial charge in [-0.2, -0.15) is 5.10 Å². The van der Waals surface area contributed by atoms with Gasteiger partial charge in [0.15, 0.2) is 5.69 Å². The Morgan fingerprint density at radius 3 is 2.62 bits per heavy atom. The molecule has 126 valence electrons. The molecule has 1 aromatic carbocycles. The third-order valence-corrected chi connectivity index (χ3v) is 4.44. The monoisotopic (exact) mass is 327 g/mol. The molecule has 1 aliphatic carbocycles. The first-order valence-corrected chi connectivity index (χ1v) is 8.22. The largest absolute Gasteiger partial charge is 0.480 e. The van der Waals surface area contributed by atoms with Crippen LogP contribution in [0.2, 0.25) is 0 Å². The van der Waals surface area contributed by atoms with Gasteiger partial charge in [0.1, 0.15) is 6.04 Å². The SMILES string of the molecule is CCC(NC(=O)c1nn(-c2ccc(C)cc2)c2c1CCC2)C(=O)O. The summed E-state index contributed by atoms with van der Waals surface area (Å²) >= 11 is 0. The van der Waals surface area contributed by atoms with E-state index < -0.39 is 17.9 Å². The first kappa shape index (κ1) is 16.2. The Morgan fingerprint density at radius 2 is 2.00 bits per heavy atom. The van der Waals surface area contributed by atoms with Gasteiger partial charge in [-0.05, 0) is 44.7 Å². The Hall–Kier alpha value is -2.63. The number of hydrogen-bond acceptors (Lipinski definition) is 3. The van der Waals surface area contributed by atoms with Crippen molar-refractivity contribution in [1.29, 1.82) is 0 Å². The summed E-state index contributed by atoms with van der Waals surface area (Å²) < 4.78 is 1.82. The van der Waals surface area contributed by atoms with Crippen molar-refractivity contribution < 1.29 is 14.7 Å². The van der Waals surface area contributed by atoms with Crippen molar-refractivity contribution in [3.05, 3.63) is 46.8 Å². The van der Waals surface area contributed by atoms with Crippen molar-refractivity contribution in [2.24, 2.45) is 0 Å². The summed E-state index contributed by atoms with van der Waals surface area (Å²) in [4.78, 5) is 23.7. The van der Waals surface area contributed by atoms with Crippen molar-refractivity contribution >= 4 is 11.9 Å². The fraction of sp³-hybridized carbons (Fsp3) is 0.389. The molecule has 0 aliphatic heterocycles. The number of benzene rings is 1. The molecule has 3 rings (SSSR count). The summed E-state index contributed by atoms with van der Waals surface area (Å²) in [5, 5.41) is 16.2. The molecule has 0 saturated carbocycles. The molecule has 0 spiro atoms. The zero-order chi connectivity index (χ0) is 17.3. The second kappa shape index (κ2) is 6.47. The molecule has 6 nitrogen and oxygen atoms in total. The van der Waals surface area contributed by atoms with Gasteiger partial charge in [-0.25, -0.2) is 9.48 Å². The van der Waals surface area contributed by atoms with E-state index in [9.17, 15) is 9.59 Å². The van der Waals surface area contributed by atoms with Crippen molar-refractivity contribution in [2.75, 3.05) is 0 Å². The van der Waals surface area contributed by atoms with E-state index in [-0.39, 0.29) is 0 Å². The van der Waals surface area contributed by atoms with E-state index in [4.69, 9.17) is 5.11 Å². The van der Waals surface area contributed by atoms with Gasteiger partial charge in [0.25, 0.3) is 5.91 Å². The third kappa shape index (κ3) is 2.91. The Morgan fingerprint density at radius 1 is 1.29 bits per heavy atom. The average Bonchev–Trinajstić information content (AvgIpc) is 3.15. The van der Waals surface area contributed by atoms with Crippen LogP contribution >= 0.6 is 0 Å². The van der Waals surface area contributed by atoms with Gasteiger partial charge in [-0.3, -0.25) is 4.79 Å². The van der Waals surface area contributed by atoms with Crippen LogP contribution in [-0.4, -0.2) is 32.8 Å². The molecule has 0 saturated heterocycles. The normalized spacial score (nSPS) is 14.2. The minimum absolute atomic E-state index is 0.335. The molecule has 1 atom stereocenters. The van der Waals surface area contributed by atoms with Crippen LogP contribution in [0.4, 0.5) is 0 Å². The highest BCUT2D eigenvalue weighted by Gasteiger charge is 2.28.